The van der Waals surface area contributed by atoms with Gasteiger partial charge in [0, 0.05) is 6.07 Å². The van der Waals surface area contributed by atoms with Gasteiger partial charge in [0.15, 0.2) is 5.69 Å². The Hall–Kier alpha value is -2.37. The summed E-state index contributed by atoms with van der Waals surface area (Å²) in [6.07, 6.45) is 0. The van der Waals surface area contributed by atoms with Gasteiger partial charge in [-0.15, -0.1) is 5.10 Å². The van der Waals surface area contributed by atoms with Gasteiger partial charge in [-0.05, 0) is 19.1 Å². The van der Waals surface area contributed by atoms with Crippen molar-refractivity contribution in [2.75, 3.05) is 7.11 Å². The van der Waals surface area contributed by atoms with E-state index in [9.17, 15) is 4.79 Å². The van der Waals surface area contributed by atoms with Gasteiger partial charge in [-0.2, -0.15) is 9.90 Å². The number of ether oxygens (including phenoxy) is 1. The van der Waals surface area contributed by atoms with E-state index in [-0.39, 0.29) is 5.69 Å². The molecule has 17 heavy (non-hydrogen) atoms. The maximum Gasteiger partial charge on any atom is 0.358 e. The third-order valence-corrected chi connectivity index (χ3v) is 2.27. The van der Waals surface area contributed by atoms with Crippen LogP contribution in [0.4, 0.5) is 0 Å². The molecule has 0 bridgehead atoms. The molecule has 88 valence electrons. The number of methoxy groups -OCH3 is 1. The van der Waals surface area contributed by atoms with Crippen LogP contribution in [-0.2, 0) is 0 Å². The third kappa shape index (κ3) is 2.10. The quantitative estimate of drug-likeness (QED) is 0.864. The second-order valence-electron chi connectivity index (χ2n) is 3.43. The van der Waals surface area contributed by atoms with Crippen molar-refractivity contribution < 1.29 is 14.6 Å². The van der Waals surface area contributed by atoms with Crippen LogP contribution < -0.4 is 4.74 Å². The minimum atomic E-state index is -1.09. The topological polar surface area (TPSA) is 77.2 Å². The van der Waals surface area contributed by atoms with Crippen molar-refractivity contribution in [2.24, 2.45) is 0 Å². The van der Waals surface area contributed by atoms with E-state index in [1.165, 1.54) is 4.80 Å². The van der Waals surface area contributed by atoms with Gasteiger partial charge in [0.05, 0.1) is 18.5 Å². The molecule has 0 fully saturated rings. The summed E-state index contributed by atoms with van der Waals surface area (Å²) in [5, 5.41) is 16.8. The van der Waals surface area contributed by atoms with Gasteiger partial charge in [-0.1, -0.05) is 6.07 Å². The van der Waals surface area contributed by atoms with E-state index in [4.69, 9.17) is 9.84 Å². The number of rotatable bonds is 3. The van der Waals surface area contributed by atoms with Gasteiger partial charge < -0.3 is 9.84 Å². The molecule has 6 nitrogen and oxygen atoms in total. The van der Waals surface area contributed by atoms with Crippen molar-refractivity contribution >= 4 is 5.97 Å². The summed E-state index contributed by atoms with van der Waals surface area (Å²) in [5.41, 5.74) is 0.980. The Morgan fingerprint density at radius 3 is 2.76 bits per heavy atom. The molecule has 2 aromatic rings. The fourth-order valence-electron chi connectivity index (χ4n) is 1.43. The van der Waals surface area contributed by atoms with Crippen LogP contribution in [0, 0.1) is 6.92 Å². The van der Waals surface area contributed by atoms with E-state index in [0.29, 0.717) is 17.1 Å². The van der Waals surface area contributed by atoms with Crippen molar-refractivity contribution in [1.82, 2.24) is 15.0 Å². The molecular weight excluding hydrogens is 222 g/mol. The van der Waals surface area contributed by atoms with Crippen LogP contribution >= 0.6 is 0 Å². The highest BCUT2D eigenvalue weighted by atomic mass is 16.5. The average Bonchev–Trinajstić information content (AvgIpc) is 2.71. The van der Waals surface area contributed by atoms with Crippen molar-refractivity contribution in [3.05, 3.63) is 35.7 Å². The molecule has 0 saturated heterocycles. The number of carboxylic acid groups (broad SMARTS) is 1. The fraction of sp³-hybridized carbons (Fsp3) is 0.182. The number of carbonyl (C=O) groups is 1. The SMILES string of the molecule is COc1cccc(-n2nc(C)c(C(=O)O)n2)c1. The number of carboxylic acids is 1. The standard InChI is InChI=1S/C11H11N3O3/c1-7-10(11(15)16)13-14(12-7)8-4-3-5-9(6-8)17-2/h3-6H,1-2H3,(H,15,16). The van der Waals surface area contributed by atoms with Gasteiger partial charge in [0.2, 0.25) is 0 Å². The maximum absolute atomic E-state index is 10.8. The summed E-state index contributed by atoms with van der Waals surface area (Å²) in [4.78, 5) is 12.1. The Kier molecular flexibility index (Phi) is 2.78. The van der Waals surface area contributed by atoms with Crippen LogP contribution in [0.2, 0.25) is 0 Å². The van der Waals surface area contributed by atoms with E-state index in [1.54, 1.807) is 38.3 Å². The number of aromatic nitrogens is 3. The lowest BCUT2D eigenvalue weighted by atomic mass is 10.3. The third-order valence-electron chi connectivity index (χ3n) is 2.27. The predicted octanol–water partition coefficient (Wildman–Crippen LogP) is 1.28. The highest BCUT2D eigenvalue weighted by Crippen LogP contribution is 2.15. The molecule has 0 unspecified atom stereocenters. The van der Waals surface area contributed by atoms with Gasteiger partial charge in [-0.25, -0.2) is 4.79 Å². The van der Waals surface area contributed by atoms with Gasteiger partial charge in [-0.3, -0.25) is 0 Å². The molecular formula is C11H11N3O3. The van der Waals surface area contributed by atoms with Crippen LogP contribution in [0.3, 0.4) is 0 Å². The van der Waals surface area contributed by atoms with Gasteiger partial charge >= 0.3 is 5.97 Å². The number of hydrogen-bond acceptors (Lipinski definition) is 4. The van der Waals surface area contributed by atoms with Crippen LogP contribution in [0.15, 0.2) is 24.3 Å². The largest absolute Gasteiger partial charge is 0.497 e. The Morgan fingerprint density at radius 2 is 2.18 bits per heavy atom. The Balaban J connectivity index is 2.46. The number of hydrogen-bond donors (Lipinski definition) is 1. The molecule has 2 rings (SSSR count). The van der Waals surface area contributed by atoms with Crippen LogP contribution in [0.5, 0.6) is 5.75 Å². The van der Waals surface area contributed by atoms with E-state index in [2.05, 4.69) is 10.2 Å². The summed E-state index contributed by atoms with van der Waals surface area (Å²) in [7, 11) is 1.56. The smallest absolute Gasteiger partial charge is 0.358 e. The molecule has 6 heteroatoms. The fourth-order valence-corrected chi connectivity index (χ4v) is 1.43. The van der Waals surface area contributed by atoms with E-state index >= 15 is 0 Å². The van der Waals surface area contributed by atoms with E-state index < -0.39 is 5.97 Å². The average molecular weight is 233 g/mol. The first-order chi connectivity index (χ1) is 8.11. The van der Waals surface area contributed by atoms with Crippen molar-refractivity contribution in [2.45, 2.75) is 6.92 Å². The summed E-state index contributed by atoms with van der Waals surface area (Å²) in [5.74, 6) is -0.425. The number of aromatic carboxylic acids is 1. The molecule has 1 aromatic heterocycles. The molecule has 1 N–H and O–H groups in total. The Labute approximate surface area is 97.4 Å². The van der Waals surface area contributed by atoms with E-state index in [0.717, 1.165) is 0 Å². The molecule has 0 atom stereocenters. The molecule has 1 aromatic carbocycles. The molecule has 0 spiro atoms. The lowest BCUT2D eigenvalue weighted by Gasteiger charge is -2.02. The summed E-state index contributed by atoms with van der Waals surface area (Å²) < 4.78 is 5.08. The second kappa shape index (κ2) is 4.25. The monoisotopic (exact) mass is 233 g/mol. The Morgan fingerprint density at radius 1 is 1.41 bits per heavy atom. The molecule has 0 amide bonds. The minimum absolute atomic E-state index is 0.0483. The summed E-state index contributed by atoms with van der Waals surface area (Å²) in [6, 6.07) is 7.07. The van der Waals surface area contributed by atoms with E-state index in [1.807, 2.05) is 0 Å². The lowest BCUT2D eigenvalue weighted by molar-refractivity contribution is 0.0689. The summed E-state index contributed by atoms with van der Waals surface area (Å²) in [6.45, 7) is 1.60. The lowest BCUT2D eigenvalue weighted by Crippen LogP contribution is -2.02. The summed E-state index contributed by atoms with van der Waals surface area (Å²) >= 11 is 0. The van der Waals surface area contributed by atoms with Gasteiger partial charge in [0.25, 0.3) is 0 Å². The number of nitrogens with zero attached hydrogens (tertiary/aromatic N) is 3. The van der Waals surface area contributed by atoms with Crippen molar-refractivity contribution in [3.8, 4) is 11.4 Å². The number of aryl methyl sites for hydroxylation is 1. The predicted molar refractivity (Wildman–Crippen MR) is 59.6 cm³/mol. The molecule has 0 saturated carbocycles. The normalized spacial score (nSPS) is 10.2. The molecule has 0 radical (unpaired) electrons. The zero-order valence-corrected chi connectivity index (χ0v) is 9.41. The highest BCUT2D eigenvalue weighted by Gasteiger charge is 2.14. The van der Waals surface area contributed by atoms with Crippen molar-refractivity contribution in [1.29, 1.82) is 0 Å². The minimum Gasteiger partial charge on any atom is -0.497 e. The van der Waals surface area contributed by atoms with Crippen LogP contribution in [0.25, 0.3) is 5.69 Å². The second-order valence-corrected chi connectivity index (χ2v) is 3.43. The number of benzene rings is 1. The molecule has 0 aliphatic carbocycles. The molecule has 0 aliphatic heterocycles. The highest BCUT2D eigenvalue weighted by molar-refractivity contribution is 5.86. The maximum atomic E-state index is 10.8. The first-order valence-corrected chi connectivity index (χ1v) is 4.93. The zero-order valence-electron chi connectivity index (χ0n) is 9.41. The first kappa shape index (κ1) is 11.1. The van der Waals surface area contributed by atoms with Crippen molar-refractivity contribution in [3.63, 3.8) is 0 Å². The molecule has 0 aliphatic rings. The first-order valence-electron chi connectivity index (χ1n) is 4.93. The van der Waals surface area contributed by atoms with Crippen LogP contribution in [0.1, 0.15) is 16.2 Å². The molecule has 1 heterocycles. The zero-order chi connectivity index (χ0) is 12.4. The van der Waals surface area contributed by atoms with Gasteiger partial charge in [0.1, 0.15) is 5.75 Å². The Bertz CT molecular complexity index is 563. The van der Waals surface area contributed by atoms with Crippen LogP contribution in [-0.4, -0.2) is 33.2 Å².